The van der Waals surface area contributed by atoms with Gasteiger partial charge in [-0.2, -0.15) is 0 Å². The van der Waals surface area contributed by atoms with E-state index in [0.717, 1.165) is 18.9 Å². The van der Waals surface area contributed by atoms with E-state index in [1.54, 1.807) is 0 Å². The van der Waals surface area contributed by atoms with E-state index < -0.39 is 23.3 Å². The first-order valence-corrected chi connectivity index (χ1v) is 6.58. The number of carbonyl (C=O) groups is 1. The summed E-state index contributed by atoms with van der Waals surface area (Å²) in [4.78, 5) is 11.5. The summed E-state index contributed by atoms with van der Waals surface area (Å²) < 4.78 is 26.4. The molecule has 1 atom stereocenters. The van der Waals surface area contributed by atoms with E-state index in [0.29, 0.717) is 18.5 Å². The van der Waals surface area contributed by atoms with E-state index in [9.17, 15) is 18.7 Å². The van der Waals surface area contributed by atoms with Crippen molar-refractivity contribution in [1.29, 1.82) is 0 Å². The maximum atomic E-state index is 13.6. The molecule has 0 heterocycles. The van der Waals surface area contributed by atoms with Gasteiger partial charge in [-0.15, -0.1) is 0 Å². The Morgan fingerprint density at radius 1 is 1.40 bits per heavy atom. The minimum absolute atomic E-state index is 0.0543. The molecule has 1 aliphatic carbocycles. The highest BCUT2D eigenvalue weighted by molar-refractivity contribution is 5.73. The van der Waals surface area contributed by atoms with Crippen molar-refractivity contribution in [1.82, 2.24) is 10.6 Å². The van der Waals surface area contributed by atoms with Gasteiger partial charge in [0.2, 0.25) is 0 Å². The van der Waals surface area contributed by atoms with E-state index in [2.05, 4.69) is 10.6 Å². The molecule has 1 saturated carbocycles. The summed E-state index contributed by atoms with van der Waals surface area (Å²) in [5.74, 6) is -0.997. The zero-order chi connectivity index (χ0) is 14.8. The minimum atomic E-state index is -1.60. The molecule has 1 aliphatic rings. The highest BCUT2D eigenvalue weighted by Crippen LogP contribution is 2.27. The molecule has 0 spiro atoms. The first-order valence-electron chi connectivity index (χ1n) is 6.58. The molecule has 2 amide bonds. The lowest BCUT2D eigenvalue weighted by Gasteiger charge is -2.24. The zero-order valence-electron chi connectivity index (χ0n) is 11.2. The molecule has 0 radical (unpaired) electrons. The first-order chi connectivity index (χ1) is 9.38. The second kappa shape index (κ2) is 5.75. The maximum absolute atomic E-state index is 13.6. The van der Waals surface area contributed by atoms with Crippen molar-refractivity contribution in [2.24, 2.45) is 5.92 Å². The van der Waals surface area contributed by atoms with Crippen LogP contribution < -0.4 is 10.6 Å². The Morgan fingerprint density at radius 3 is 2.70 bits per heavy atom. The van der Waals surface area contributed by atoms with Crippen molar-refractivity contribution in [3.63, 3.8) is 0 Å². The molecule has 0 saturated heterocycles. The van der Waals surface area contributed by atoms with Crippen molar-refractivity contribution in [2.45, 2.75) is 25.4 Å². The molecular weight excluding hydrogens is 266 g/mol. The molecule has 20 heavy (non-hydrogen) atoms. The Hall–Kier alpha value is -1.69. The minimum Gasteiger partial charge on any atom is -0.383 e. The van der Waals surface area contributed by atoms with Crippen LogP contribution in [0.5, 0.6) is 0 Å². The van der Waals surface area contributed by atoms with E-state index in [-0.39, 0.29) is 12.1 Å². The van der Waals surface area contributed by atoms with Crippen molar-refractivity contribution >= 4 is 6.03 Å². The number of halogens is 2. The smallest absolute Gasteiger partial charge is 0.314 e. The predicted molar refractivity (Wildman–Crippen MR) is 70.1 cm³/mol. The summed E-state index contributed by atoms with van der Waals surface area (Å²) in [5, 5.41) is 15.4. The van der Waals surface area contributed by atoms with Crippen LogP contribution in [0.1, 0.15) is 25.3 Å². The molecule has 110 valence electrons. The maximum Gasteiger partial charge on any atom is 0.314 e. The Labute approximate surface area is 116 Å². The number of benzene rings is 1. The fraction of sp³-hybridized carbons (Fsp3) is 0.500. The van der Waals surface area contributed by atoms with Gasteiger partial charge in [0.05, 0.1) is 6.54 Å². The summed E-state index contributed by atoms with van der Waals surface area (Å²) in [5.41, 5.74) is -1.66. The number of amides is 2. The number of hydrogen-bond donors (Lipinski definition) is 3. The highest BCUT2D eigenvalue weighted by atomic mass is 19.1. The molecule has 1 aromatic carbocycles. The lowest BCUT2D eigenvalue weighted by Crippen LogP contribution is -2.44. The SMILES string of the molecule is CC(O)(CNC(=O)NCC1CC1)c1ccc(F)cc1F. The molecule has 0 aromatic heterocycles. The van der Waals surface area contributed by atoms with Gasteiger partial charge in [0.25, 0.3) is 0 Å². The van der Waals surface area contributed by atoms with Crippen LogP contribution >= 0.6 is 0 Å². The van der Waals surface area contributed by atoms with Crippen LogP contribution in [-0.4, -0.2) is 24.2 Å². The lowest BCUT2D eigenvalue weighted by molar-refractivity contribution is 0.0555. The van der Waals surface area contributed by atoms with Crippen LogP contribution in [0, 0.1) is 17.6 Å². The molecule has 1 aromatic rings. The van der Waals surface area contributed by atoms with Crippen LogP contribution in [0.25, 0.3) is 0 Å². The summed E-state index contributed by atoms with van der Waals surface area (Å²) >= 11 is 0. The predicted octanol–water partition coefficient (Wildman–Crippen LogP) is 1.88. The second-order valence-electron chi connectivity index (χ2n) is 5.40. The number of aliphatic hydroxyl groups is 1. The molecule has 1 fully saturated rings. The van der Waals surface area contributed by atoms with Crippen LogP contribution in [0.3, 0.4) is 0 Å². The van der Waals surface area contributed by atoms with Gasteiger partial charge in [-0.1, -0.05) is 6.07 Å². The van der Waals surface area contributed by atoms with Gasteiger partial charge in [0.15, 0.2) is 0 Å². The van der Waals surface area contributed by atoms with Gasteiger partial charge in [-0.25, -0.2) is 13.6 Å². The van der Waals surface area contributed by atoms with Gasteiger partial charge in [0.1, 0.15) is 17.2 Å². The van der Waals surface area contributed by atoms with Crippen LogP contribution in [-0.2, 0) is 5.60 Å². The standard InChI is InChI=1S/C14H18F2N2O2/c1-14(20,11-5-4-10(15)6-12(11)16)8-18-13(19)17-7-9-2-3-9/h4-6,9,20H,2-3,7-8H2,1H3,(H2,17,18,19). The van der Waals surface area contributed by atoms with Gasteiger partial charge >= 0.3 is 6.03 Å². The topological polar surface area (TPSA) is 61.4 Å². The van der Waals surface area contributed by atoms with Crippen molar-refractivity contribution < 1.29 is 18.7 Å². The quantitative estimate of drug-likeness (QED) is 0.773. The molecule has 0 bridgehead atoms. The molecule has 3 N–H and O–H groups in total. The Morgan fingerprint density at radius 2 is 2.10 bits per heavy atom. The van der Waals surface area contributed by atoms with E-state index in [4.69, 9.17) is 0 Å². The highest BCUT2D eigenvalue weighted by Gasteiger charge is 2.28. The van der Waals surface area contributed by atoms with Gasteiger partial charge in [-0.3, -0.25) is 0 Å². The summed E-state index contributed by atoms with van der Waals surface area (Å²) in [6, 6.07) is 2.55. The number of hydrogen-bond acceptors (Lipinski definition) is 2. The van der Waals surface area contributed by atoms with Gasteiger partial charge in [0, 0.05) is 18.2 Å². The van der Waals surface area contributed by atoms with E-state index in [1.807, 2.05) is 0 Å². The van der Waals surface area contributed by atoms with Crippen molar-refractivity contribution in [3.8, 4) is 0 Å². The van der Waals surface area contributed by atoms with Gasteiger partial charge in [-0.05, 0) is 31.7 Å². The summed E-state index contributed by atoms with van der Waals surface area (Å²) in [7, 11) is 0. The zero-order valence-corrected chi connectivity index (χ0v) is 11.2. The average molecular weight is 284 g/mol. The van der Waals surface area contributed by atoms with Crippen molar-refractivity contribution in [2.75, 3.05) is 13.1 Å². The number of nitrogens with one attached hydrogen (secondary N) is 2. The number of rotatable bonds is 5. The monoisotopic (exact) mass is 284 g/mol. The largest absolute Gasteiger partial charge is 0.383 e. The van der Waals surface area contributed by atoms with Gasteiger partial charge < -0.3 is 15.7 Å². The third kappa shape index (κ3) is 3.90. The molecule has 4 nitrogen and oxygen atoms in total. The molecule has 2 rings (SSSR count). The normalized spacial score (nSPS) is 17.4. The molecule has 6 heteroatoms. The van der Waals surface area contributed by atoms with Crippen molar-refractivity contribution in [3.05, 3.63) is 35.4 Å². The van der Waals surface area contributed by atoms with E-state index in [1.165, 1.54) is 13.0 Å². The fourth-order valence-electron chi connectivity index (χ4n) is 1.90. The van der Waals surface area contributed by atoms with E-state index >= 15 is 0 Å². The number of carbonyl (C=O) groups excluding carboxylic acids is 1. The third-order valence-electron chi connectivity index (χ3n) is 3.35. The summed E-state index contributed by atoms with van der Waals surface area (Å²) in [6.45, 7) is 1.81. The van der Waals surface area contributed by atoms with Crippen LogP contribution in [0.2, 0.25) is 0 Å². The first kappa shape index (κ1) is 14.7. The number of urea groups is 1. The molecular formula is C14H18F2N2O2. The second-order valence-corrected chi connectivity index (χ2v) is 5.40. The van der Waals surface area contributed by atoms with Crippen LogP contribution in [0.15, 0.2) is 18.2 Å². The Bertz CT molecular complexity index is 502. The lowest BCUT2D eigenvalue weighted by atomic mass is 9.95. The third-order valence-corrected chi connectivity index (χ3v) is 3.35. The average Bonchev–Trinajstić information content (AvgIpc) is 3.17. The molecule has 0 aliphatic heterocycles. The fourth-order valence-corrected chi connectivity index (χ4v) is 1.90. The Balaban J connectivity index is 1.90. The molecule has 1 unspecified atom stereocenters. The van der Waals surface area contributed by atoms with Crippen LogP contribution in [0.4, 0.5) is 13.6 Å². The Kier molecular flexibility index (Phi) is 4.23. The summed E-state index contributed by atoms with van der Waals surface area (Å²) in [6.07, 6.45) is 2.25.